The number of aliphatic hydroxyl groups is 1. The van der Waals surface area contributed by atoms with Crippen LogP contribution < -0.4 is 0 Å². The van der Waals surface area contributed by atoms with E-state index in [1.165, 1.54) is 12.1 Å². The molecular weight excluding hydrogens is 287 g/mol. The summed E-state index contributed by atoms with van der Waals surface area (Å²) in [7, 11) is 0. The summed E-state index contributed by atoms with van der Waals surface area (Å²) in [6, 6.07) is 6.02. The molecule has 0 spiro atoms. The van der Waals surface area contributed by atoms with E-state index in [4.69, 9.17) is 5.11 Å². The van der Waals surface area contributed by atoms with Crippen molar-refractivity contribution in [3.05, 3.63) is 45.9 Å². The first-order chi connectivity index (χ1) is 8.10. The van der Waals surface area contributed by atoms with Gasteiger partial charge in [0.1, 0.15) is 5.82 Å². The molecule has 0 aliphatic rings. The number of aromatic nitrogens is 2. The van der Waals surface area contributed by atoms with E-state index in [0.717, 1.165) is 5.69 Å². The van der Waals surface area contributed by atoms with E-state index in [0.29, 0.717) is 21.6 Å². The van der Waals surface area contributed by atoms with Crippen LogP contribution in [0, 0.1) is 12.7 Å². The lowest BCUT2D eigenvalue weighted by Crippen LogP contribution is -1.98. The van der Waals surface area contributed by atoms with Gasteiger partial charge in [0.15, 0.2) is 5.82 Å². The molecule has 0 aliphatic carbocycles. The lowest BCUT2D eigenvalue weighted by molar-refractivity contribution is 0.276. The Bertz CT molecular complexity index is 560. The van der Waals surface area contributed by atoms with Crippen LogP contribution in [0.2, 0.25) is 0 Å². The largest absolute Gasteiger partial charge is 0.390 e. The Balaban J connectivity index is 2.59. The fourth-order valence-electron chi connectivity index (χ4n) is 1.50. The molecule has 0 fully saturated rings. The van der Waals surface area contributed by atoms with Crippen molar-refractivity contribution in [2.24, 2.45) is 0 Å². The van der Waals surface area contributed by atoms with E-state index in [-0.39, 0.29) is 12.4 Å². The second kappa shape index (κ2) is 4.89. The summed E-state index contributed by atoms with van der Waals surface area (Å²) in [5.41, 5.74) is 1.82. The zero-order valence-electron chi connectivity index (χ0n) is 9.11. The molecule has 0 saturated carbocycles. The minimum absolute atomic E-state index is 0.163. The number of hydrogen-bond donors (Lipinski definition) is 1. The molecule has 0 aliphatic heterocycles. The van der Waals surface area contributed by atoms with Crippen LogP contribution in [0.15, 0.2) is 28.7 Å². The van der Waals surface area contributed by atoms with E-state index in [2.05, 4.69) is 25.9 Å². The number of nitrogens with zero attached hydrogens (tertiary/aromatic N) is 2. The van der Waals surface area contributed by atoms with Gasteiger partial charge in [-0.25, -0.2) is 14.4 Å². The number of hydrogen-bond acceptors (Lipinski definition) is 3. The topological polar surface area (TPSA) is 46.0 Å². The van der Waals surface area contributed by atoms with Gasteiger partial charge >= 0.3 is 0 Å². The molecule has 0 atom stereocenters. The predicted octanol–water partition coefficient (Wildman–Crippen LogP) is 2.85. The number of halogens is 2. The monoisotopic (exact) mass is 296 g/mol. The smallest absolute Gasteiger partial charge is 0.160 e. The molecular formula is C12H10BrFN2O. The van der Waals surface area contributed by atoms with Gasteiger partial charge in [0.05, 0.1) is 12.3 Å². The van der Waals surface area contributed by atoms with Crippen molar-refractivity contribution in [1.29, 1.82) is 0 Å². The van der Waals surface area contributed by atoms with Crippen molar-refractivity contribution in [1.82, 2.24) is 9.97 Å². The first-order valence-corrected chi connectivity index (χ1v) is 5.80. The molecule has 1 heterocycles. The summed E-state index contributed by atoms with van der Waals surface area (Å²) < 4.78 is 13.9. The van der Waals surface area contributed by atoms with Gasteiger partial charge in [-0.3, -0.25) is 0 Å². The molecule has 5 heteroatoms. The summed E-state index contributed by atoms with van der Waals surface area (Å²) in [6.45, 7) is 1.64. The molecule has 17 heavy (non-hydrogen) atoms. The Morgan fingerprint density at radius 1 is 1.29 bits per heavy atom. The van der Waals surface area contributed by atoms with Crippen LogP contribution in [-0.2, 0) is 6.61 Å². The third kappa shape index (κ3) is 2.68. The van der Waals surface area contributed by atoms with E-state index < -0.39 is 0 Å². The molecule has 2 rings (SSSR count). The molecule has 2 aromatic rings. The molecule has 3 nitrogen and oxygen atoms in total. The van der Waals surface area contributed by atoms with Crippen LogP contribution in [0.4, 0.5) is 4.39 Å². The SMILES string of the molecule is Cc1cc(CO)nc(-c2cc(F)ccc2Br)n1. The second-order valence-electron chi connectivity index (χ2n) is 3.61. The van der Waals surface area contributed by atoms with Crippen molar-refractivity contribution in [2.45, 2.75) is 13.5 Å². The Hall–Kier alpha value is -1.33. The average Bonchev–Trinajstić information content (AvgIpc) is 2.31. The van der Waals surface area contributed by atoms with Gasteiger partial charge in [-0.1, -0.05) is 15.9 Å². The van der Waals surface area contributed by atoms with Crippen LogP contribution in [0.1, 0.15) is 11.4 Å². The standard InChI is InChI=1S/C12H10BrFN2O/c1-7-4-9(6-17)16-12(15-7)10-5-8(14)2-3-11(10)13/h2-5,17H,6H2,1H3. The van der Waals surface area contributed by atoms with Crippen molar-refractivity contribution >= 4 is 15.9 Å². The van der Waals surface area contributed by atoms with Gasteiger partial charge < -0.3 is 5.11 Å². The fourth-order valence-corrected chi connectivity index (χ4v) is 1.93. The lowest BCUT2D eigenvalue weighted by Gasteiger charge is -2.06. The van der Waals surface area contributed by atoms with Crippen molar-refractivity contribution < 1.29 is 9.50 Å². The second-order valence-corrected chi connectivity index (χ2v) is 4.46. The van der Waals surface area contributed by atoms with E-state index >= 15 is 0 Å². The first kappa shape index (κ1) is 12.1. The highest BCUT2D eigenvalue weighted by Crippen LogP contribution is 2.26. The maximum absolute atomic E-state index is 13.2. The quantitative estimate of drug-likeness (QED) is 0.927. The minimum Gasteiger partial charge on any atom is -0.390 e. The van der Waals surface area contributed by atoms with Crippen LogP contribution in [0.3, 0.4) is 0 Å². The lowest BCUT2D eigenvalue weighted by atomic mass is 10.2. The molecule has 1 aromatic heterocycles. The summed E-state index contributed by atoms with van der Waals surface area (Å²) >= 11 is 3.33. The Morgan fingerprint density at radius 3 is 2.76 bits per heavy atom. The van der Waals surface area contributed by atoms with Crippen LogP contribution in [0.5, 0.6) is 0 Å². The van der Waals surface area contributed by atoms with Crippen LogP contribution >= 0.6 is 15.9 Å². The van der Waals surface area contributed by atoms with Gasteiger partial charge in [0.25, 0.3) is 0 Å². The Labute approximate surface area is 106 Å². The number of aliphatic hydroxyl groups excluding tert-OH is 1. The Kier molecular flexibility index (Phi) is 3.49. The van der Waals surface area contributed by atoms with E-state index in [9.17, 15) is 4.39 Å². The van der Waals surface area contributed by atoms with Gasteiger partial charge in [0.2, 0.25) is 0 Å². The highest BCUT2D eigenvalue weighted by atomic mass is 79.9. The predicted molar refractivity (Wildman–Crippen MR) is 65.8 cm³/mol. The maximum Gasteiger partial charge on any atom is 0.160 e. The molecule has 0 unspecified atom stereocenters. The summed E-state index contributed by atoms with van der Waals surface area (Å²) in [5.74, 6) is 0.0549. The zero-order valence-corrected chi connectivity index (χ0v) is 10.7. The average molecular weight is 297 g/mol. The molecule has 1 N–H and O–H groups in total. The molecule has 88 valence electrons. The molecule has 1 aromatic carbocycles. The van der Waals surface area contributed by atoms with Crippen LogP contribution in [0.25, 0.3) is 11.4 Å². The van der Waals surface area contributed by atoms with E-state index in [1.807, 2.05) is 0 Å². The van der Waals surface area contributed by atoms with Crippen LogP contribution in [-0.4, -0.2) is 15.1 Å². The summed E-state index contributed by atoms with van der Waals surface area (Å²) in [4.78, 5) is 8.40. The zero-order chi connectivity index (χ0) is 12.4. The van der Waals surface area contributed by atoms with Gasteiger partial charge in [-0.15, -0.1) is 0 Å². The highest BCUT2D eigenvalue weighted by molar-refractivity contribution is 9.10. The third-order valence-electron chi connectivity index (χ3n) is 2.24. The van der Waals surface area contributed by atoms with Crippen molar-refractivity contribution in [2.75, 3.05) is 0 Å². The fraction of sp³-hybridized carbons (Fsp3) is 0.167. The maximum atomic E-state index is 13.2. The summed E-state index contributed by atoms with van der Waals surface area (Å²) in [5, 5.41) is 9.08. The molecule has 0 radical (unpaired) electrons. The third-order valence-corrected chi connectivity index (χ3v) is 2.93. The molecule has 0 amide bonds. The Morgan fingerprint density at radius 2 is 2.06 bits per heavy atom. The number of rotatable bonds is 2. The van der Waals surface area contributed by atoms with Gasteiger partial charge in [0, 0.05) is 15.7 Å². The highest BCUT2D eigenvalue weighted by Gasteiger charge is 2.09. The minimum atomic E-state index is -0.348. The van der Waals surface area contributed by atoms with Gasteiger partial charge in [-0.05, 0) is 31.2 Å². The number of aryl methyl sites for hydroxylation is 1. The molecule has 0 saturated heterocycles. The normalized spacial score (nSPS) is 10.6. The van der Waals surface area contributed by atoms with E-state index in [1.54, 1.807) is 19.1 Å². The summed E-state index contributed by atoms with van der Waals surface area (Å²) in [6.07, 6.45) is 0. The number of benzene rings is 1. The van der Waals surface area contributed by atoms with Crippen molar-refractivity contribution in [3.63, 3.8) is 0 Å². The molecule has 0 bridgehead atoms. The van der Waals surface area contributed by atoms with Crippen molar-refractivity contribution in [3.8, 4) is 11.4 Å². The van der Waals surface area contributed by atoms with Gasteiger partial charge in [-0.2, -0.15) is 0 Å². The first-order valence-electron chi connectivity index (χ1n) is 5.01.